The van der Waals surface area contributed by atoms with Crippen LogP contribution in [0.15, 0.2) is 60.7 Å². The number of aldehydes is 1. The van der Waals surface area contributed by atoms with Gasteiger partial charge in [-0.15, -0.1) is 0 Å². The molecule has 20 heavy (non-hydrogen) atoms. The Morgan fingerprint density at radius 2 is 1.60 bits per heavy atom. The Morgan fingerprint density at radius 3 is 2.40 bits per heavy atom. The summed E-state index contributed by atoms with van der Waals surface area (Å²) in [7, 11) is 0. The van der Waals surface area contributed by atoms with Crippen molar-refractivity contribution < 1.29 is 14.6 Å². The van der Waals surface area contributed by atoms with E-state index in [9.17, 15) is 10.2 Å². The average Bonchev–Trinajstić information content (AvgIpc) is 2.50. The normalized spacial score (nSPS) is 21.1. The maximum absolute atomic E-state index is 10.1. The fourth-order valence-electron chi connectivity index (χ4n) is 2.31. The molecule has 2 aromatic rings. The van der Waals surface area contributed by atoms with Crippen molar-refractivity contribution in [2.75, 3.05) is 0 Å². The second-order valence-electron chi connectivity index (χ2n) is 4.68. The van der Waals surface area contributed by atoms with Crippen molar-refractivity contribution in [1.82, 2.24) is 0 Å². The van der Waals surface area contributed by atoms with Gasteiger partial charge in [0, 0.05) is 6.07 Å². The molecule has 3 rings (SSSR count). The van der Waals surface area contributed by atoms with Gasteiger partial charge in [0.1, 0.15) is 6.10 Å². The van der Waals surface area contributed by atoms with E-state index in [1.54, 1.807) is 30.6 Å². The molecule has 0 spiro atoms. The monoisotopic (exact) mass is 267 g/mol. The number of aliphatic hydroxyl groups excluding tert-OH is 2. The molecule has 0 fully saturated rings. The lowest BCUT2D eigenvalue weighted by Gasteiger charge is -2.18. The van der Waals surface area contributed by atoms with Crippen LogP contribution in [0.3, 0.4) is 0 Å². The number of hydrogen-bond acceptors (Lipinski definition) is 2. The molecule has 2 N–H and O–H groups in total. The number of hydrogen-bond donors (Lipinski definition) is 2. The molecule has 0 heterocycles. The summed E-state index contributed by atoms with van der Waals surface area (Å²) in [6.45, 7) is 0. The molecule has 100 valence electrons. The second-order valence-corrected chi connectivity index (χ2v) is 4.68. The van der Waals surface area contributed by atoms with E-state index >= 15 is 0 Å². The van der Waals surface area contributed by atoms with Gasteiger partial charge in [-0.25, -0.2) is 4.42 Å². The van der Waals surface area contributed by atoms with E-state index in [1.807, 2.05) is 36.4 Å². The number of benzene rings is 2. The van der Waals surface area contributed by atoms with E-state index in [-0.39, 0.29) is 0 Å². The van der Waals surface area contributed by atoms with Crippen molar-refractivity contribution >= 4 is 6.29 Å². The first-order valence-electron chi connectivity index (χ1n) is 6.48. The summed E-state index contributed by atoms with van der Waals surface area (Å²) < 4.78 is 5.68. The van der Waals surface area contributed by atoms with Crippen LogP contribution < -0.4 is 0 Å². The molecule has 2 unspecified atom stereocenters. The third-order valence-corrected chi connectivity index (χ3v) is 3.31. The minimum Gasteiger partial charge on any atom is -0.384 e. The van der Waals surface area contributed by atoms with Crippen molar-refractivity contribution in [3.8, 4) is 5.75 Å². The lowest BCUT2D eigenvalue weighted by atomic mass is 9.92. The van der Waals surface area contributed by atoms with Crippen molar-refractivity contribution in [3.63, 3.8) is 0 Å². The third kappa shape index (κ3) is 2.41. The highest BCUT2D eigenvalue weighted by atomic mass is 16.4. The van der Waals surface area contributed by atoms with Crippen LogP contribution in [0.5, 0.6) is 5.75 Å². The molecular formula is C17H15O3+. The number of carbonyl (C=O) groups excluding carboxylic acids is 1. The molecule has 1 aliphatic carbocycles. The van der Waals surface area contributed by atoms with Gasteiger partial charge in [0.2, 0.25) is 0 Å². The highest BCUT2D eigenvalue weighted by Gasteiger charge is 2.27. The second kappa shape index (κ2) is 5.41. The van der Waals surface area contributed by atoms with Crippen LogP contribution in [0.4, 0.5) is 0 Å². The summed E-state index contributed by atoms with van der Waals surface area (Å²) in [6.07, 6.45) is 3.33. The van der Waals surface area contributed by atoms with Gasteiger partial charge in [0.25, 0.3) is 0 Å². The lowest BCUT2D eigenvalue weighted by molar-refractivity contribution is -0.161. The SMILES string of the molecule is OC1C=CC(O)c2c([O+]=Cc3ccccc3)cccc21. The maximum Gasteiger partial charge on any atom is 0.359 e. The molecule has 0 saturated heterocycles. The predicted octanol–water partition coefficient (Wildman–Crippen LogP) is 3.08. The quantitative estimate of drug-likeness (QED) is 0.499. The summed E-state index contributed by atoms with van der Waals surface area (Å²) in [6, 6.07) is 15.0. The Bertz CT molecular complexity index is 659. The first-order valence-corrected chi connectivity index (χ1v) is 6.48. The van der Waals surface area contributed by atoms with Crippen LogP contribution in [0.2, 0.25) is 0 Å². The minimum atomic E-state index is -0.756. The van der Waals surface area contributed by atoms with Gasteiger partial charge in [0.15, 0.2) is 0 Å². The van der Waals surface area contributed by atoms with Crippen LogP contribution >= 0.6 is 0 Å². The van der Waals surface area contributed by atoms with Crippen LogP contribution in [-0.2, 0) is 0 Å². The molecule has 3 heteroatoms. The van der Waals surface area contributed by atoms with E-state index in [0.29, 0.717) is 16.9 Å². The molecule has 0 bridgehead atoms. The zero-order valence-corrected chi connectivity index (χ0v) is 10.8. The molecule has 0 amide bonds. The molecule has 2 atom stereocenters. The number of aliphatic hydroxyl groups is 2. The standard InChI is InChI=1S/C17H15O3/c18-14-9-10-15(19)17-13(14)7-4-8-16(17)20-11-12-5-2-1-3-6-12/h1-11,14-15,18-19H/q+1. The Morgan fingerprint density at radius 1 is 0.850 bits per heavy atom. The van der Waals surface area contributed by atoms with Gasteiger partial charge < -0.3 is 10.2 Å². The number of fused-ring (bicyclic) bond motifs is 1. The summed E-state index contributed by atoms with van der Waals surface area (Å²) in [5.41, 5.74) is 2.24. The molecule has 0 saturated carbocycles. The average molecular weight is 267 g/mol. The van der Waals surface area contributed by atoms with Crippen molar-refractivity contribution in [1.29, 1.82) is 0 Å². The molecule has 1 aliphatic rings. The van der Waals surface area contributed by atoms with Crippen LogP contribution in [-0.4, -0.2) is 16.5 Å². The fourth-order valence-corrected chi connectivity index (χ4v) is 2.31. The van der Waals surface area contributed by atoms with Crippen molar-refractivity contribution in [3.05, 3.63) is 77.4 Å². The van der Waals surface area contributed by atoms with Gasteiger partial charge in [-0.3, -0.25) is 0 Å². The van der Waals surface area contributed by atoms with Crippen LogP contribution in [0.25, 0.3) is 0 Å². The van der Waals surface area contributed by atoms with E-state index in [0.717, 1.165) is 5.56 Å². The molecular weight excluding hydrogens is 252 g/mol. The van der Waals surface area contributed by atoms with Crippen LogP contribution in [0.1, 0.15) is 33.3 Å². The Labute approximate surface area is 117 Å². The smallest absolute Gasteiger partial charge is 0.359 e. The van der Waals surface area contributed by atoms with E-state index < -0.39 is 12.2 Å². The highest BCUT2D eigenvalue weighted by Crippen LogP contribution is 2.38. The topological polar surface area (TPSA) is 51.8 Å². The zero-order chi connectivity index (χ0) is 13.9. The summed E-state index contributed by atoms with van der Waals surface area (Å²) >= 11 is 0. The molecule has 3 nitrogen and oxygen atoms in total. The first kappa shape index (κ1) is 12.8. The lowest BCUT2D eigenvalue weighted by Crippen LogP contribution is -2.08. The van der Waals surface area contributed by atoms with Gasteiger partial charge >= 0.3 is 12.0 Å². The van der Waals surface area contributed by atoms with E-state index in [4.69, 9.17) is 4.42 Å². The maximum atomic E-state index is 10.1. The Hall–Kier alpha value is -2.23. The Kier molecular flexibility index (Phi) is 3.46. The van der Waals surface area contributed by atoms with Gasteiger partial charge in [0.05, 0.1) is 17.2 Å². The van der Waals surface area contributed by atoms with Crippen molar-refractivity contribution in [2.45, 2.75) is 12.2 Å². The summed E-state index contributed by atoms with van der Waals surface area (Å²) in [5.74, 6) is 0.558. The zero-order valence-electron chi connectivity index (χ0n) is 10.8. The van der Waals surface area contributed by atoms with Crippen LogP contribution in [0, 0.1) is 0 Å². The fraction of sp³-hybridized carbons (Fsp3) is 0.118. The van der Waals surface area contributed by atoms with Gasteiger partial charge in [-0.2, -0.15) is 0 Å². The summed E-state index contributed by atoms with van der Waals surface area (Å²) in [5, 5.41) is 20.0. The third-order valence-electron chi connectivity index (χ3n) is 3.31. The number of rotatable bonds is 2. The molecule has 0 aromatic heterocycles. The summed E-state index contributed by atoms with van der Waals surface area (Å²) in [4.78, 5) is 0. The van der Waals surface area contributed by atoms with E-state index in [1.165, 1.54) is 0 Å². The molecule has 0 aliphatic heterocycles. The Balaban J connectivity index is 2.00. The predicted molar refractivity (Wildman–Crippen MR) is 76.8 cm³/mol. The van der Waals surface area contributed by atoms with Gasteiger partial charge in [-0.1, -0.05) is 42.5 Å². The largest absolute Gasteiger partial charge is 0.384 e. The first-order chi connectivity index (χ1) is 9.75. The minimum absolute atomic E-state index is 0.558. The molecule has 0 radical (unpaired) electrons. The highest BCUT2D eigenvalue weighted by molar-refractivity contribution is 5.75. The van der Waals surface area contributed by atoms with Crippen molar-refractivity contribution in [2.24, 2.45) is 0 Å². The van der Waals surface area contributed by atoms with Gasteiger partial charge in [-0.05, 0) is 17.7 Å². The molecule has 2 aromatic carbocycles. The van der Waals surface area contributed by atoms with E-state index in [2.05, 4.69) is 0 Å².